The Labute approximate surface area is 109 Å². The number of hydrogen-bond donors (Lipinski definition) is 0. The van der Waals surface area contributed by atoms with Crippen LogP contribution < -0.4 is 4.90 Å². The first kappa shape index (κ1) is 11.7. The number of carbonyl (C=O) groups is 2. The molecule has 1 fully saturated rings. The molecule has 2 aromatic heterocycles. The van der Waals surface area contributed by atoms with Crippen molar-refractivity contribution < 1.29 is 14.3 Å². The number of pyridine rings is 1. The van der Waals surface area contributed by atoms with Crippen molar-refractivity contribution in [2.75, 3.05) is 18.6 Å². The monoisotopic (exact) mass is 259 g/mol. The molecule has 1 amide bonds. The lowest BCUT2D eigenvalue weighted by atomic mass is 10.1. The summed E-state index contributed by atoms with van der Waals surface area (Å²) in [4.78, 5) is 29.4. The summed E-state index contributed by atoms with van der Waals surface area (Å²) < 4.78 is 6.53. The molecule has 0 radical (unpaired) electrons. The van der Waals surface area contributed by atoms with E-state index < -0.39 is 5.92 Å². The Kier molecular flexibility index (Phi) is 2.70. The molecule has 19 heavy (non-hydrogen) atoms. The maximum atomic E-state index is 12.1. The molecule has 0 aliphatic carbocycles. The summed E-state index contributed by atoms with van der Waals surface area (Å²) in [6.07, 6.45) is 3.67. The van der Waals surface area contributed by atoms with Crippen molar-refractivity contribution in [2.24, 2.45) is 5.92 Å². The van der Waals surface area contributed by atoms with Crippen LogP contribution in [-0.2, 0) is 14.3 Å². The van der Waals surface area contributed by atoms with Gasteiger partial charge in [0.05, 0.1) is 13.0 Å². The summed E-state index contributed by atoms with van der Waals surface area (Å²) in [6.45, 7) is 0.350. The second kappa shape index (κ2) is 4.38. The van der Waals surface area contributed by atoms with Crippen LogP contribution in [0.4, 0.5) is 5.82 Å². The number of nitrogens with zero attached hydrogens (tertiary/aromatic N) is 3. The van der Waals surface area contributed by atoms with Crippen LogP contribution in [0, 0.1) is 5.92 Å². The zero-order chi connectivity index (χ0) is 13.4. The first-order valence-electron chi connectivity index (χ1n) is 6.01. The first-order valence-corrected chi connectivity index (χ1v) is 6.01. The summed E-state index contributed by atoms with van der Waals surface area (Å²) >= 11 is 0. The molecular weight excluding hydrogens is 246 g/mol. The van der Waals surface area contributed by atoms with Crippen molar-refractivity contribution in [1.82, 2.24) is 9.38 Å². The highest BCUT2D eigenvalue weighted by Crippen LogP contribution is 2.26. The Morgan fingerprint density at radius 1 is 1.47 bits per heavy atom. The third-order valence-corrected chi connectivity index (χ3v) is 3.34. The Morgan fingerprint density at radius 3 is 3.11 bits per heavy atom. The minimum absolute atomic E-state index is 0.0726. The van der Waals surface area contributed by atoms with Gasteiger partial charge in [0.15, 0.2) is 0 Å². The largest absolute Gasteiger partial charge is 0.469 e. The maximum Gasteiger partial charge on any atom is 0.311 e. The number of ether oxygens (including phenoxy) is 1. The third kappa shape index (κ3) is 1.85. The minimum Gasteiger partial charge on any atom is -0.469 e. The number of hydrogen-bond acceptors (Lipinski definition) is 4. The van der Waals surface area contributed by atoms with E-state index >= 15 is 0 Å². The zero-order valence-corrected chi connectivity index (χ0v) is 10.4. The van der Waals surface area contributed by atoms with Gasteiger partial charge in [0.25, 0.3) is 0 Å². The van der Waals surface area contributed by atoms with E-state index in [1.807, 2.05) is 22.6 Å². The Hall–Kier alpha value is -2.37. The summed E-state index contributed by atoms with van der Waals surface area (Å²) in [7, 11) is 1.34. The molecule has 1 atom stereocenters. The Bertz CT molecular complexity index is 649. The molecule has 1 unspecified atom stereocenters. The summed E-state index contributed by atoms with van der Waals surface area (Å²) in [5, 5.41) is 0. The SMILES string of the molecule is COC(=O)C1CC(=O)N(c2cccc3nccn23)C1. The number of amides is 1. The predicted octanol–water partition coefficient (Wildman–Crippen LogP) is 0.860. The maximum absolute atomic E-state index is 12.1. The van der Waals surface area contributed by atoms with Crippen LogP contribution in [0.3, 0.4) is 0 Å². The fourth-order valence-electron chi connectivity index (χ4n) is 2.41. The molecule has 3 rings (SSSR count). The van der Waals surface area contributed by atoms with Gasteiger partial charge in [-0.1, -0.05) is 6.07 Å². The van der Waals surface area contributed by atoms with E-state index in [9.17, 15) is 9.59 Å². The van der Waals surface area contributed by atoms with Gasteiger partial charge in [-0.25, -0.2) is 4.98 Å². The molecule has 3 heterocycles. The molecule has 1 aliphatic heterocycles. The van der Waals surface area contributed by atoms with Crippen molar-refractivity contribution in [1.29, 1.82) is 0 Å². The molecule has 0 aromatic carbocycles. The number of fused-ring (bicyclic) bond motifs is 1. The topological polar surface area (TPSA) is 63.9 Å². The fourth-order valence-corrected chi connectivity index (χ4v) is 2.41. The lowest BCUT2D eigenvalue weighted by Gasteiger charge is -2.17. The highest BCUT2D eigenvalue weighted by Gasteiger charge is 2.36. The summed E-state index contributed by atoms with van der Waals surface area (Å²) in [6, 6.07) is 5.55. The molecule has 6 heteroatoms. The van der Waals surface area contributed by atoms with E-state index in [0.717, 1.165) is 11.5 Å². The second-order valence-electron chi connectivity index (χ2n) is 4.47. The highest BCUT2D eigenvalue weighted by atomic mass is 16.5. The average Bonchev–Trinajstić information content (AvgIpc) is 3.03. The fraction of sp³-hybridized carbons (Fsp3) is 0.308. The zero-order valence-electron chi connectivity index (χ0n) is 10.4. The number of imidazole rings is 1. The number of methoxy groups -OCH3 is 1. The van der Waals surface area contributed by atoms with Gasteiger partial charge in [0.1, 0.15) is 11.5 Å². The summed E-state index contributed by atoms with van der Waals surface area (Å²) in [5.74, 6) is -0.0760. The van der Waals surface area contributed by atoms with Gasteiger partial charge in [-0.05, 0) is 12.1 Å². The van der Waals surface area contributed by atoms with Crippen LogP contribution in [0.2, 0.25) is 0 Å². The number of esters is 1. The number of carbonyl (C=O) groups excluding carboxylic acids is 2. The van der Waals surface area contributed by atoms with Gasteiger partial charge in [0.2, 0.25) is 5.91 Å². The van der Waals surface area contributed by atoms with E-state index in [0.29, 0.717) is 6.54 Å². The Morgan fingerprint density at radius 2 is 2.32 bits per heavy atom. The van der Waals surface area contributed by atoms with Crippen LogP contribution in [0.25, 0.3) is 5.65 Å². The van der Waals surface area contributed by atoms with E-state index in [1.54, 1.807) is 17.3 Å². The van der Waals surface area contributed by atoms with E-state index in [2.05, 4.69) is 4.98 Å². The van der Waals surface area contributed by atoms with Crippen molar-refractivity contribution in [3.63, 3.8) is 0 Å². The van der Waals surface area contributed by atoms with E-state index in [4.69, 9.17) is 4.74 Å². The van der Waals surface area contributed by atoms with Crippen LogP contribution in [0.1, 0.15) is 6.42 Å². The van der Waals surface area contributed by atoms with Crippen LogP contribution in [-0.4, -0.2) is 34.9 Å². The van der Waals surface area contributed by atoms with Crippen molar-refractivity contribution in [3.8, 4) is 0 Å². The molecule has 1 aliphatic rings. The van der Waals surface area contributed by atoms with Gasteiger partial charge >= 0.3 is 5.97 Å². The van der Waals surface area contributed by atoms with Crippen LogP contribution in [0.15, 0.2) is 30.6 Å². The molecule has 0 bridgehead atoms. The molecule has 6 nitrogen and oxygen atoms in total. The van der Waals surface area contributed by atoms with Gasteiger partial charge in [-0.15, -0.1) is 0 Å². The smallest absolute Gasteiger partial charge is 0.311 e. The van der Waals surface area contributed by atoms with Crippen LogP contribution >= 0.6 is 0 Å². The first-order chi connectivity index (χ1) is 9.20. The molecule has 98 valence electrons. The molecule has 2 aromatic rings. The predicted molar refractivity (Wildman–Crippen MR) is 67.7 cm³/mol. The number of aromatic nitrogens is 2. The van der Waals surface area contributed by atoms with Gasteiger partial charge in [0, 0.05) is 25.4 Å². The van der Waals surface area contributed by atoms with Crippen LogP contribution in [0.5, 0.6) is 0 Å². The van der Waals surface area contributed by atoms with E-state index in [1.165, 1.54) is 7.11 Å². The number of anilines is 1. The molecule has 0 saturated carbocycles. The van der Waals surface area contributed by atoms with Crippen molar-refractivity contribution in [2.45, 2.75) is 6.42 Å². The minimum atomic E-state index is -0.392. The normalized spacial score (nSPS) is 19.1. The average molecular weight is 259 g/mol. The lowest BCUT2D eigenvalue weighted by molar-refractivity contribution is -0.145. The lowest BCUT2D eigenvalue weighted by Crippen LogP contribution is -2.27. The molecule has 1 saturated heterocycles. The van der Waals surface area contributed by atoms with Crippen molar-refractivity contribution in [3.05, 3.63) is 30.6 Å². The number of rotatable bonds is 2. The summed E-state index contributed by atoms with van der Waals surface area (Å²) in [5.41, 5.74) is 0.770. The highest BCUT2D eigenvalue weighted by molar-refractivity contribution is 5.99. The van der Waals surface area contributed by atoms with Gasteiger partial charge in [-0.3, -0.25) is 18.9 Å². The van der Waals surface area contributed by atoms with Gasteiger partial charge in [-0.2, -0.15) is 0 Å². The quantitative estimate of drug-likeness (QED) is 0.750. The third-order valence-electron chi connectivity index (χ3n) is 3.34. The second-order valence-corrected chi connectivity index (χ2v) is 4.47. The van der Waals surface area contributed by atoms with E-state index in [-0.39, 0.29) is 18.3 Å². The molecule has 0 N–H and O–H groups in total. The van der Waals surface area contributed by atoms with Crippen molar-refractivity contribution >= 4 is 23.3 Å². The Balaban J connectivity index is 1.96. The standard InChI is InChI=1S/C13H13N3O3/c1-19-13(18)9-7-12(17)16(8-9)11-4-2-3-10-14-5-6-15(10)11/h2-6,9H,7-8H2,1H3. The van der Waals surface area contributed by atoms with Gasteiger partial charge < -0.3 is 4.74 Å². The molecule has 0 spiro atoms. The molecular formula is C13H13N3O3.